The molecule has 0 aliphatic heterocycles. The molecule has 0 spiro atoms. The number of pyridine rings is 1. The Kier molecular flexibility index (Phi) is 4.00. The third-order valence-corrected chi connectivity index (χ3v) is 2.97. The Labute approximate surface area is 91.8 Å². The lowest BCUT2D eigenvalue weighted by Crippen LogP contribution is -2.17. The highest BCUT2D eigenvalue weighted by Gasteiger charge is 2.02. The Morgan fingerprint density at radius 1 is 1.69 bits per heavy atom. The number of nitrogens with zero attached hydrogens (tertiary/aromatic N) is 1. The van der Waals surface area contributed by atoms with Crippen LogP contribution in [-0.2, 0) is 0 Å². The molecule has 1 N–H and O–H groups in total. The first-order valence-electron chi connectivity index (χ1n) is 4.08. The highest BCUT2D eigenvalue weighted by molar-refractivity contribution is 9.10. The third-order valence-electron chi connectivity index (χ3n) is 1.67. The largest absolute Gasteiger partial charge is 0.366 e. The fourth-order valence-electron chi connectivity index (χ4n) is 0.909. The van der Waals surface area contributed by atoms with Crippen molar-refractivity contribution in [3.05, 3.63) is 22.3 Å². The fraction of sp³-hybridized carbons (Fsp3) is 0.444. The van der Waals surface area contributed by atoms with Crippen molar-refractivity contribution in [1.82, 2.24) is 4.98 Å². The number of hydrogen-bond donors (Lipinski definition) is 1. The average molecular weight is 264 g/mol. The van der Waals surface area contributed by atoms with E-state index in [9.17, 15) is 0 Å². The summed E-state index contributed by atoms with van der Waals surface area (Å²) in [7, 11) is 0. The summed E-state index contributed by atoms with van der Waals surface area (Å²) in [5.41, 5.74) is 1.17. The lowest BCUT2D eigenvalue weighted by molar-refractivity contribution is 0.896. The van der Waals surface area contributed by atoms with Gasteiger partial charge in [-0.05, 0) is 41.4 Å². The number of anilines is 1. The minimum atomic E-state index is 0.245. The molecule has 72 valence electrons. The number of halogens is 2. The van der Waals surface area contributed by atoms with Gasteiger partial charge >= 0.3 is 0 Å². The Balaban J connectivity index is 2.73. The smallest absolute Gasteiger partial charge is 0.126 e. The van der Waals surface area contributed by atoms with Crippen molar-refractivity contribution < 1.29 is 0 Å². The zero-order valence-electron chi connectivity index (χ0n) is 7.64. The minimum absolute atomic E-state index is 0.245. The van der Waals surface area contributed by atoms with Gasteiger partial charge in [-0.25, -0.2) is 4.98 Å². The second-order valence-corrected chi connectivity index (χ2v) is 4.18. The third kappa shape index (κ3) is 3.16. The maximum Gasteiger partial charge on any atom is 0.126 e. The molecule has 0 aliphatic carbocycles. The quantitative estimate of drug-likeness (QED) is 0.847. The number of aryl methyl sites for hydroxylation is 1. The van der Waals surface area contributed by atoms with Crippen molar-refractivity contribution in [2.24, 2.45) is 0 Å². The summed E-state index contributed by atoms with van der Waals surface area (Å²) in [6, 6.07) is 2.24. The summed E-state index contributed by atoms with van der Waals surface area (Å²) >= 11 is 9.07. The van der Waals surface area contributed by atoms with Crippen molar-refractivity contribution in [1.29, 1.82) is 0 Å². The molecule has 2 nitrogen and oxygen atoms in total. The standard InChI is InChI=1S/C9H12BrClN2/c1-6-3-9(12-5-8(6)10)13-7(2)4-11/h3,5,7H,4H2,1-2H3,(H,12,13). The van der Waals surface area contributed by atoms with Crippen molar-refractivity contribution in [2.75, 3.05) is 11.2 Å². The predicted octanol–water partition coefficient (Wildman–Crippen LogP) is 3.19. The molecule has 0 aromatic carbocycles. The van der Waals surface area contributed by atoms with Gasteiger partial charge < -0.3 is 5.32 Å². The van der Waals surface area contributed by atoms with Crippen LogP contribution in [0.4, 0.5) is 5.82 Å². The SMILES string of the molecule is Cc1cc(NC(C)CCl)ncc1Br. The van der Waals surface area contributed by atoms with Gasteiger partial charge in [-0.2, -0.15) is 0 Å². The van der Waals surface area contributed by atoms with Gasteiger partial charge in [0, 0.05) is 22.6 Å². The molecule has 1 aromatic rings. The van der Waals surface area contributed by atoms with Gasteiger partial charge in [0.2, 0.25) is 0 Å². The summed E-state index contributed by atoms with van der Waals surface area (Å²) in [5.74, 6) is 1.45. The molecule has 0 saturated carbocycles. The van der Waals surface area contributed by atoms with Gasteiger partial charge in [-0.3, -0.25) is 0 Å². The zero-order chi connectivity index (χ0) is 9.84. The molecule has 1 heterocycles. The monoisotopic (exact) mass is 262 g/mol. The lowest BCUT2D eigenvalue weighted by atomic mass is 10.3. The zero-order valence-corrected chi connectivity index (χ0v) is 9.98. The summed E-state index contributed by atoms with van der Waals surface area (Å²) in [6.07, 6.45) is 1.79. The van der Waals surface area contributed by atoms with E-state index in [1.54, 1.807) is 6.20 Å². The summed E-state index contributed by atoms with van der Waals surface area (Å²) in [5, 5.41) is 3.20. The van der Waals surface area contributed by atoms with E-state index in [2.05, 4.69) is 26.2 Å². The van der Waals surface area contributed by atoms with Crippen molar-refractivity contribution >= 4 is 33.3 Å². The van der Waals surface area contributed by atoms with E-state index in [0.717, 1.165) is 10.3 Å². The van der Waals surface area contributed by atoms with E-state index in [0.29, 0.717) is 5.88 Å². The van der Waals surface area contributed by atoms with Crippen LogP contribution in [0.25, 0.3) is 0 Å². The van der Waals surface area contributed by atoms with E-state index in [-0.39, 0.29) is 6.04 Å². The summed E-state index contributed by atoms with van der Waals surface area (Å²) < 4.78 is 1.02. The van der Waals surface area contributed by atoms with Gasteiger partial charge in [0.25, 0.3) is 0 Å². The van der Waals surface area contributed by atoms with Crippen LogP contribution in [0.5, 0.6) is 0 Å². The molecule has 0 fully saturated rings. The summed E-state index contributed by atoms with van der Waals surface area (Å²) in [6.45, 7) is 4.05. The van der Waals surface area contributed by atoms with Gasteiger partial charge in [0.1, 0.15) is 5.82 Å². The van der Waals surface area contributed by atoms with E-state index in [1.807, 2.05) is 19.9 Å². The van der Waals surface area contributed by atoms with Crippen LogP contribution >= 0.6 is 27.5 Å². The first-order valence-corrected chi connectivity index (χ1v) is 5.41. The Morgan fingerprint density at radius 2 is 2.38 bits per heavy atom. The topological polar surface area (TPSA) is 24.9 Å². The highest BCUT2D eigenvalue weighted by atomic mass is 79.9. The van der Waals surface area contributed by atoms with Crippen LogP contribution in [0, 0.1) is 6.92 Å². The maximum atomic E-state index is 5.67. The van der Waals surface area contributed by atoms with Crippen LogP contribution in [0.15, 0.2) is 16.7 Å². The predicted molar refractivity (Wildman–Crippen MR) is 60.5 cm³/mol. The fourth-order valence-corrected chi connectivity index (χ4v) is 1.20. The van der Waals surface area contributed by atoms with Crippen LogP contribution in [0.2, 0.25) is 0 Å². The van der Waals surface area contributed by atoms with Crippen LogP contribution in [0.1, 0.15) is 12.5 Å². The molecule has 4 heteroatoms. The number of nitrogens with one attached hydrogen (secondary N) is 1. The van der Waals surface area contributed by atoms with E-state index in [4.69, 9.17) is 11.6 Å². The van der Waals surface area contributed by atoms with Gasteiger partial charge in [0.05, 0.1) is 0 Å². The first kappa shape index (κ1) is 10.8. The van der Waals surface area contributed by atoms with Crippen LogP contribution < -0.4 is 5.32 Å². The maximum absolute atomic E-state index is 5.67. The van der Waals surface area contributed by atoms with Crippen LogP contribution in [0.3, 0.4) is 0 Å². The van der Waals surface area contributed by atoms with E-state index in [1.165, 1.54) is 5.56 Å². The Bertz CT molecular complexity index is 291. The van der Waals surface area contributed by atoms with Crippen LogP contribution in [-0.4, -0.2) is 16.9 Å². The molecule has 1 rings (SSSR count). The van der Waals surface area contributed by atoms with Gasteiger partial charge in [-0.15, -0.1) is 11.6 Å². The highest BCUT2D eigenvalue weighted by Crippen LogP contribution is 2.17. The van der Waals surface area contributed by atoms with Gasteiger partial charge in [0.15, 0.2) is 0 Å². The molecular weight excluding hydrogens is 251 g/mol. The normalized spacial score (nSPS) is 12.6. The van der Waals surface area contributed by atoms with Crippen molar-refractivity contribution in [2.45, 2.75) is 19.9 Å². The molecular formula is C9H12BrClN2. The molecule has 0 bridgehead atoms. The molecule has 1 atom stereocenters. The van der Waals surface area contributed by atoms with Crippen molar-refractivity contribution in [3.63, 3.8) is 0 Å². The minimum Gasteiger partial charge on any atom is -0.366 e. The molecule has 1 unspecified atom stereocenters. The van der Waals surface area contributed by atoms with Gasteiger partial charge in [-0.1, -0.05) is 0 Å². The second-order valence-electron chi connectivity index (χ2n) is 3.02. The number of aromatic nitrogens is 1. The average Bonchev–Trinajstić information content (AvgIpc) is 2.11. The molecule has 13 heavy (non-hydrogen) atoms. The second kappa shape index (κ2) is 4.82. The first-order chi connectivity index (χ1) is 6.13. The van der Waals surface area contributed by atoms with Crippen molar-refractivity contribution in [3.8, 4) is 0 Å². The Hall–Kier alpha value is -0.280. The molecule has 0 radical (unpaired) electrons. The lowest BCUT2D eigenvalue weighted by Gasteiger charge is -2.11. The number of rotatable bonds is 3. The van der Waals surface area contributed by atoms with E-state index >= 15 is 0 Å². The number of hydrogen-bond acceptors (Lipinski definition) is 2. The van der Waals surface area contributed by atoms with E-state index < -0.39 is 0 Å². The molecule has 0 amide bonds. The molecule has 0 saturated heterocycles. The molecule has 0 aliphatic rings. The number of alkyl halides is 1. The molecule has 1 aromatic heterocycles. The summed E-state index contributed by atoms with van der Waals surface area (Å²) in [4.78, 5) is 4.21. The Morgan fingerprint density at radius 3 is 2.92 bits per heavy atom.